The Balaban J connectivity index is 4.29. The number of hydrogen-bond acceptors (Lipinski definition) is 6. The molecule has 0 N–H and O–H groups in total. The SMILES string of the molecule is CCCCCCC/C=C\C/C=C\CCCCCCCCCCCC(=O)OC(COC(=O)CCCCCCCCCCCCCCCCCCCCC)COC(=O)CCCCCCCCCCCCCCCCCCCCCCCCC. The van der Waals surface area contributed by atoms with Crippen molar-refractivity contribution >= 4 is 17.9 Å². The second kappa shape index (κ2) is 70.4. The third kappa shape index (κ3) is 68.6. The van der Waals surface area contributed by atoms with Crippen LogP contribution in [0.5, 0.6) is 0 Å². The largest absolute Gasteiger partial charge is 0.462 e. The lowest BCUT2D eigenvalue weighted by atomic mass is 10.0. The van der Waals surface area contributed by atoms with Gasteiger partial charge in [0.05, 0.1) is 0 Å². The number of unbranched alkanes of at least 4 members (excludes halogenated alkanes) is 54. The molecule has 0 heterocycles. The summed E-state index contributed by atoms with van der Waals surface area (Å²) in [5.41, 5.74) is 0. The van der Waals surface area contributed by atoms with Crippen LogP contribution in [-0.4, -0.2) is 37.2 Å². The average molecular weight is 1140 g/mol. The molecule has 0 aliphatic carbocycles. The summed E-state index contributed by atoms with van der Waals surface area (Å²) in [5.74, 6) is -0.833. The molecule has 0 aliphatic rings. The number of allylic oxidation sites excluding steroid dienone is 4. The standard InChI is InChI=1S/C75H142O6/c1-4-7-10-13-16-19-22-25-28-31-34-36-37-39-41-44-47-50-53-56-59-62-65-68-74(77)80-71-72(70-79-73(76)67-64-61-58-55-52-49-46-43-40-33-30-27-24-21-18-15-12-9-6-3)81-75(78)69-66-63-60-57-54-51-48-45-42-38-35-32-29-26-23-20-17-14-11-8-5-2/h23,26,32,35,72H,4-22,24-25,27-31,33-34,36-71H2,1-3H3/b26-23-,35-32-. The number of esters is 3. The number of carbonyl (C=O) groups excluding carboxylic acids is 3. The molecular formula is C75H142O6. The molecule has 0 spiro atoms. The second-order valence-electron chi connectivity index (χ2n) is 25.2. The van der Waals surface area contributed by atoms with Crippen molar-refractivity contribution in [2.75, 3.05) is 13.2 Å². The Hall–Kier alpha value is -2.11. The van der Waals surface area contributed by atoms with E-state index >= 15 is 0 Å². The van der Waals surface area contributed by atoms with E-state index < -0.39 is 6.10 Å². The second-order valence-corrected chi connectivity index (χ2v) is 25.2. The van der Waals surface area contributed by atoms with Gasteiger partial charge >= 0.3 is 17.9 Å². The van der Waals surface area contributed by atoms with Crippen molar-refractivity contribution < 1.29 is 28.6 Å². The highest BCUT2D eigenvalue weighted by molar-refractivity contribution is 5.71. The molecule has 81 heavy (non-hydrogen) atoms. The van der Waals surface area contributed by atoms with E-state index in [9.17, 15) is 14.4 Å². The van der Waals surface area contributed by atoms with Crippen molar-refractivity contribution in [3.8, 4) is 0 Å². The van der Waals surface area contributed by atoms with Gasteiger partial charge in [0, 0.05) is 19.3 Å². The lowest BCUT2D eigenvalue weighted by molar-refractivity contribution is -0.167. The predicted octanol–water partition coefficient (Wildman–Crippen LogP) is 25.3. The van der Waals surface area contributed by atoms with Crippen molar-refractivity contribution in [2.45, 2.75) is 425 Å². The van der Waals surface area contributed by atoms with Crippen LogP contribution in [0.15, 0.2) is 24.3 Å². The van der Waals surface area contributed by atoms with Gasteiger partial charge in [-0.3, -0.25) is 14.4 Å². The molecule has 0 aliphatic heterocycles. The number of carbonyl (C=O) groups is 3. The summed E-state index contributed by atoms with van der Waals surface area (Å²) in [6.45, 7) is 6.73. The molecule has 0 radical (unpaired) electrons. The van der Waals surface area contributed by atoms with E-state index in [0.29, 0.717) is 19.3 Å². The maximum absolute atomic E-state index is 13.0. The molecule has 0 bridgehead atoms. The van der Waals surface area contributed by atoms with Crippen LogP contribution in [0, 0.1) is 0 Å². The summed E-state index contributed by atoms with van der Waals surface area (Å²) in [6, 6.07) is 0. The van der Waals surface area contributed by atoms with Crippen LogP contribution < -0.4 is 0 Å². The fraction of sp³-hybridized carbons (Fsp3) is 0.907. The summed E-state index contributed by atoms with van der Waals surface area (Å²) in [6.07, 6.45) is 86.4. The van der Waals surface area contributed by atoms with E-state index in [0.717, 1.165) is 64.2 Å². The highest BCUT2D eigenvalue weighted by atomic mass is 16.6. The van der Waals surface area contributed by atoms with E-state index in [-0.39, 0.29) is 31.1 Å². The van der Waals surface area contributed by atoms with Crippen molar-refractivity contribution in [3.63, 3.8) is 0 Å². The van der Waals surface area contributed by atoms with Gasteiger partial charge in [0.2, 0.25) is 0 Å². The smallest absolute Gasteiger partial charge is 0.306 e. The van der Waals surface area contributed by atoms with E-state index in [1.165, 1.54) is 315 Å². The van der Waals surface area contributed by atoms with Crippen molar-refractivity contribution in [1.29, 1.82) is 0 Å². The molecule has 0 aromatic rings. The van der Waals surface area contributed by atoms with Gasteiger partial charge in [0.25, 0.3) is 0 Å². The first-order chi connectivity index (χ1) is 40.0. The minimum Gasteiger partial charge on any atom is -0.462 e. The third-order valence-electron chi connectivity index (χ3n) is 17.0. The molecule has 0 saturated carbocycles. The summed E-state index contributed by atoms with van der Waals surface area (Å²) < 4.78 is 17.0. The topological polar surface area (TPSA) is 78.9 Å². The van der Waals surface area contributed by atoms with Gasteiger partial charge in [-0.15, -0.1) is 0 Å². The predicted molar refractivity (Wildman–Crippen MR) is 353 cm³/mol. The zero-order valence-electron chi connectivity index (χ0n) is 55.1. The lowest BCUT2D eigenvalue weighted by Crippen LogP contribution is -2.30. The van der Waals surface area contributed by atoms with Gasteiger partial charge in [-0.25, -0.2) is 0 Å². The highest BCUT2D eigenvalue weighted by Crippen LogP contribution is 2.19. The van der Waals surface area contributed by atoms with E-state index in [2.05, 4.69) is 45.1 Å². The average Bonchev–Trinajstić information content (AvgIpc) is 3.47. The molecule has 1 unspecified atom stereocenters. The van der Waals surface area contributed by atoms with Gasteiger partial charge in [-0.1, -0.05) is 373 Å². The van der Waals surface area contributed by atoms with Crippen LogP contribution in [0.25, 0.3) is 0 Å². The van der Waals surface area contributed by atoms with Crippen LogP contribution in [-0.2, 0) is 28.6 Å². The Morgan fingerprint density at radius 3 is 0.679 bits per heavy atom. The van der Waals surface area contributed by atoms with Gasteiger partial charge in [-0.05, 0) is 51.4 Å². The molecule has 1 atom stereocenters. The lowest BCUT2D eigenvalue weighted by Gasteiger charge is -2.18. The summed E-state index contributed by atoms with van der Waals surface area (Å²) >= 11 is 0. The third-order valence-corrected chi connectivity index (χ3v) is 17.0. The zero-order chi connectivity index (χ0) is 58.5. The van der Waals surface area contributed by atoms with Crippen LogP contribution in [0.1, 0.15) is 419 Å². The summed E-state index contributed by atoms with van der Waals surface area (Å²) in [4.78, 5) is 38.5. The van der Waals surface area contributed by atoms with Gasteiger partial charge in [0.1, 0.15) is 13.2 Å². The Morgan fingerprint density at radius 2 is 0.444 bits per heavy atom. The minimum absolute atomic E-state index is 0.0661. The normalized spacial score (nSPS) is 12.1. The number of rotatable bonds is 69. The van der Waals surface area contributed by atoms with Crippen molar-refractivity contribution in [1.82, 2.24) is 0 Å². The van der Waals surface area contributed by atoms with Gasteiger partial charge < -0.3 is 14.2 Å². The van der Waals surface area contributed by atoms with Crippen LogP contribution >= 0.6 is 0 Å². The van der Waals surface area contributed by atoms with Gasteiger partial charge in [0.15, 0.2) is 6.10 Å². The Labute approximate surface area is 506 Å². The maximum atomic E-state index is 13.0. The minimum atomic E-state index is -0.771. The maximum Gasteiger partial charge on any atom is 0.306 e. The Bertz CT molecular complexity index is 1310. The molecule has 6 nitrogen and oxygen atoms in total. The van der Waals surface area contributed by atoms with Gasteiger partial charge in [-0.2, -0.15) is 0 Å². The quantitative estimate of drug-likeness (QED) is 0.0261. The van der Waals surface area contributed by atoms with Crippen molar-refractivity contribution in [3.05, 3.63) is 24.3 Å². The first-order valence-corrected chi connectivity index (χ1v) is 36.8. The molecule has 0 aromatic heterocycles. The number of hydrogen-bond donors (Lipinski definition) is 0. The summed E-state index contributed by atoms with van der Waals surface area (Å²) in [5, 5.41) is 0. The fourth-order valence-corrected chi connectivity index (χ4v) is 11.4. The zero-order valence-corrected chi connectivity index (χ0v) is 55.1. The Morgan fingerprint density at radius 1 is 0.247 bits per heavy atom. The highest BCUT2D eigenvalue weighted by Gasteiger charge is 2.20. The number of ether oxygens (including phenoxy) is 3. The molecule has 0 fully saturated rings. The van der Waals surface area contributed by atoms with Crippen LogP contribution in [0.2, 0.25) is 0 Å². The van der Waals surface area contributed by atoms with E-state index in [1.54, 1.807) is 0 Å². The Kier molecular flexibility index (Phi) is 68.5. The molecule has 0 saturated heterocycles. The first-order valence-electron chi connectivity index (χ1n) is 36.8. The molecular weight excluding hydrogens is 997 g/mol. The molecule has 0 rings (SSSR count). The van der Waals surface area contributed by atoms with E-state index in [4.69, 9.17) is 14.2 Å². The molecule has 6 heteroatoms. The molecule has 0 amide bonds. The molecule has 0 aromatic carbocycles. The van der Waals surface area contributed by atoms with E-state index in [1.807, 2.05) is 0 Å². The molecule has 478 valence electrons. The first kappa shape index (κ1) is 78.9. The van der Waals surface area contributed by atoms with Crippen LogP contribution in [0.3, 0.4) is 0 Å². The van der Waals surface area contributed by atoms with Crippen LogP contribution in [0.4, 0.5) is 0 Å². The summed E-state index contributed by atoms with van der Waals surface area (Å²) in [7, 11) is 0. The van der Waals surface area contributed by atoms with Crippen molar-refractivity contribution in [2.24, 2.45) is 0 Å². The monoisotopic (exact) mass is 1140 g/mol. The fourth-order valence-electron chi connectivity index (χ4n) is 11.4.